The van der Waals surface area contributed by atoms with Gasteiger partial charge in [-0.3, -0.25) is 0 Å². The molecule has 1 aromatic rings. The maximum atomic E-state index is 6.04. The fraction of sp³-hybridized carbons (Fsp3) is 0.500. The van der Waals surface area contributed by atoms with E-state index in [0.29, 0.717) is 12.5 Å². The van der Waals surface area contributed by atoms with Gasteiger partial charge in [-0.15, -0.1) is 0 Å². The maximum absolute atomic E-state index is 6.04. The molecule has 1 saturated heterocycles. The Balaban J connectivity index is 2.04. The predicted molar refractivity (Wildman–Crippen MR) is 64.7 cm³/mol. The van der Waals surface area contributed by atoms with Crippen molar-refractivity contribution in [3.8, 4) is 0 Å². The Kier molecular flexibility index (Phi) is 3.78. The second-order valence-electron chi connectivity index (χ2n) is 4.08. The largest absolute Gasteiger partial charge is 0.380 e. The summed E-state index contributed by atoms with van der Waals surface area (Å²) in [4.78, 5) is 0. The second-order valence-corrected chi connectivity index (χ2v) is 4.94. The van der Waals surface area contributed by atoms with Crippen molar-refractivity contribution in [1.29, 1.82) is 0 Å². The lowest BCUT2D eigenvalue weighted by atomic mass is 9.89. The molecule has 2 unspecified atom stereocenters. The molecule has 0 bridgehead atoms. The number of benzene rings is 1. The van der Waals surface area contributed by atoms with Crippen molar-refractivity contribution in [2.75, 3.05) is 13.2 Å². The lowest BCUT2D eigenvalue weighted by molar-refractivity contribution is 0.0492. The summed E-state index contributed by atoms with van der Waals surface area (Å²) in [7, 11) is 0. The Morgan fingerprint density at radius 2 is 2.20 bits per heavy atom. The minimum Gasteiger partial charge on any atom is -0.380 e. The average Bonchev–Trinajstić information content (AvgIpc) is 2.24. The van der Waals surface area contributed by atoms with Gasteiger partial charge in [0.2, 0.25) is 0 Å². The highest BCUT2D eigenvalue weighted by Crippen LogP contribution is 2.24. The van der Waals surface area contributed by atoms with Gasteiger partial charge in [0.15, 0.2) is 0 Å². The standard InChI is InChI=1S/C12H16BrNO/c13-11-4-2-1-3-9(11)7-10-5-6-15-8-12(10)14/h1-4,10,12H,5-8,14H2. The summed E-state index contributed by atoms with van der Waals surface area (Å²) in [6.45, 7) is 1.55. The number of ether oxygens (including phenoxy) is 1. The quantitative estimate of drug-likeness (QED) is 0.895. The van der Waals surface area contributed by atoms with E-state index in [9.17, 15) is 0 Å². The summed E-state index contributed by atoms with van der Waals surface area (Å²) in [5.41, 5.74) is 7.38. The van der Waals surface area contributed by atoms with Gasteiger partial charge >= 0.3 is 0 Å². The van der Waals surface area contributed by atoms with Gasteiger partial charge in [-0.25, -0.2) is 0 Å². The van der Waals surface area contributed by atoms with Gasteiger partial charge in [0.1, 0.15) is 0 Å². The number of hydrogen-bond acceptors (Lipinski definition) is 2. The van der Waals surface area contributed by atoms with Crippen LogP contribution in [0.4, 0.5) is 0 Å². The van der Waals surface area contributed by atoms with E-state index < -0.39 is 0 Å². The molecule has 1 aliphatic heterocycles. The van der Waals surface area contributed by atoms with Gasteiger partial charge in [-0.05, 0) is 30.4 Å². The summed E-state index contributed by atoms with van der Waals surface area (Å²) in [5, 5.41) is 0. The molecule has 0 spiro atoms. The van der Waals surface area contributed by atoms with Crippen LogP contribution >= 0.6 is 15.9 Å². The molecule has 15 heavy (non-hydrogen) atoms. The molecule has 3 heteroatoms. The molecule has 82 valence electrons. The van der Waals surface area contributed by atoms with E-state index in [4.69, 9.17) is 10.5 Å². The van der Waals surface area contributed by atoms with E-state index >= 15 is 0 Å². The molecular formula is C12H16BrNO. The van der Waals surface area contributed by atoms with Crippen LogP contribution in [-0.2, 0) is 11.2 Å². The van der Waals surface area contributed by atoms with Crippen molar-refractivity contribution in [1.82, 2.24) is 0 Å². The molecule has 2 N–H and O–H groups in total. The van der Waals surface area contributed by atoms with Gasteiger partial charge in [0.25, 0.3) is 0 Å². The third-order valence-electron chi connectivity index (χ3n) is 2.99. The lowest BCUT2D eigenvalue weighted by Gasteiger charge is -2.28. The SMILES string of the molecule is NC1COCCC1Cc1ccccc1Br. The van der Waals surface area contributed by atoms with Crippen LogP contribution in [0.2, 0.25) is 0 Å². The fourth-order valence-electron chi connectivity index (χ4n) is 2.00. The Hall–Kier alpha value is -0.380. The van der Waals surface area contributed by atoms with Gasteiger partial charge in [0, 0.05) is 17.1 Å². The minimum atomic E-state index is 0.186. The second kappa shape index (κ2) is 5.10. The minimum absolute atomic E-state index is 0.186. The van der Waals surface area contributed by atoms with Crippen LogP contribution < -0.4 is 5.73 Å². The van der Waals surface area contributed by atoms with Crippen LogP contribution in [-0.4, -0.2) is 19.3 Å². The van der Waals surface area contributed by atoms with Crippen LogP contribution in [0, 0.1) is 5.92 Å². The van der Waals surface area contributed by atoms with E-state index in [-0.39, 0.29) is 6.04 Å². The highest BCUT2D eigenvalue weighted by Gasteiger charge is 2.22. The van der Waals surface area contributed by atoms with E-state index in [1.807, 2.05) is 6.07 Å². The summed E-state index contributed by atoms with van der Waals surface area (Å²) in [6.07, 6.45) is 2.12. The van der Waals surface area contributed by atoms with Crippen LogP contribution in [0.5, 0.6) is 0 Å². The molecule has 0 aromatic heterocycles. The number of rotatable bonds is 2. The predicted octanol–water partition coefficient (Wildman–Crippen LogP) is 2.36. The zero-order chi connectivity index (χ0) is 10.7. The van der Waals surface area contributed by atoms with E-state index in [2.05, 4.69) is 34.1 Å². The molecule has 1 aliphatic rings. The fourth-order valence-corrected chi connectivity index (χ4v) is 2.45. The first kappa shape index (κ1) is 11.1. The Labute approximate surface area is 98.9 Å². The molecule has 1 heterocycles. The number of hydrogen-bond donors (Lipinski definition) is 1. The highest BCUT2D eigenvalue weighted by molar-refractivity contribution is 9.10. The van der Waals surface area contributed by atoms with E-state index in [1.54, 1.807) is 0 Å². The van der Waals surface area contributed by atoms with Crippen molar-refractivity contribution < 1.29 is 4.74 Å². The van der Waals surface area contributed by atoms with Crippen LogP contribution in [0.25, 0.3) is 0 Å². The van der Waals surface area contributed by atoms with Crippen molar-refractivity contribution in [2.24, 2.45) is 11.7 Å². The molecule has 0 aliphatic carbocycles. The lowest BCUT2D eigenvalue weighted by Crippen LogP contribution is -2.40. The summed E-state index contributed by atoms with van der Waals surface area (Å²) in [6, 6.07) is 8.54. The highest BCUT2D eigenvalue weighted by atomic mass is 79.9. The van der Waals surface area contributed by atoms with E-state index in [1.165, 1.54) is 10.0 Å². The van der Waals surface area contributed by atoms with Crippen LogP contribution in [0.1, 0.15) is 12.0 Å². The molecule has 2 rings (SSSR count). The van der Waals surface area contributed by atoms with Gasteiger partial charge in [0.05, 0.1) is 6.61 Å². The van der Waals surface area contributed by atoms with E-state index in [0.717, 1.165) is 19.4 Å². The average molecular weight is 270 g/mol. The van der Waals surface area contributed by atoms with Gasteiger partial charge < -0.3 is 10.5 Å². The third kappa shape index (κ3) is 2.80. The van der Waals surface area contributed by atoms with Crippen molar-refractivity contribution >= 4 is 15.9 Å². The number of halogens is 1. The first-order chi connectivity index (χ1) is 7.27. The van der Waals surface area contributed by atoms with Crippen molar-refractivity contribution in [3.63, 3.8) is 0 Å². The smallest absolute Gasteiger partial charge is 0.0620 e. The summed E-state index contributed by atoms with van der Waals surface area (Å²) in [5.74, 6) is 0.553. The Morgan fingerprint density at radius 1 is 1.40 bits per heavy atom. The normalized spacial score (nSPS) is 26.5. The molecule has 0 radical (unpaired) electrons. The molecule has 0 saturated carbocycles. The topological polar surface area (TPSA) is 35.2 Å². The van der Waals surface area contributed by atoms with Crippen molar-refractivity contribution in [2.45, 2.75) is 18.9 Å². The molecule has 1 fully saturated rings. The first-order valence-corrected chi connectivity index (χ1v) is 6.13. The van der Waals surface area contributed by atoms with Gasteiger partial charge in [-0.1, -0.05) is 34.1 Å². The molecular weight excluding hydrogens is 254 g/mol. The summed E-state index contributed by atoms with van der Waals surface area (Å²) >= 11 is 3.57. The summed E-state index contributed by atoms with van der Waals surface area (Å²) < 4.78 is 6.53. The Morgan fingerprint density at radius 3 is 2.93 bits per heavy atom. The zero-order valence-electron chi connectivity index (χ0n) is 8.66. The number of nitrogens with two attached hydrogens (primary N) is 1. The molecule has 1 aromatic carbocycles. The molecule has 2 atom stereocenters. The third-order valence-corrected chi connectivity index (χ3v) is 3.76. The van der Waals surface area contributed by atoms with Gasteiger partial charge in [-0.2, -0.15) is 0 Å². The molecule has 2 nitrogen and oxygen atoms in total. The van der Waals surface area contributed by atoms with Crippen LogP contribution in [0.3, 0.4) is 0 Å². The van der Waals surface area contributed by atoms with Crippen molar-refractivity contribution in [3.05, 3.63) is 34.3 Å². The Bertz CT molecular complexity index is 329. The zero-order valence-corrected chi connectivity index (χ0v) is 10.2. The van der Waals surface area contributed by atoms with Crippen LogP contribution in [0.15, 0.2) is 28.7 Å². The monoisotopic (exact) mass is 269 g/mol. The first-order valence-electron chi connectivity index (χ1n) is 5.34. The maximum Gasteiger partial charge on any atom is 0.0620 e. The molecule has 0 amide bonds.